The Labute approximate surface area is 213 Å². The molecule has 5 rings (SSSR count). The van der Waals surface area contributed by atoms with Gasteiger partial charge in [-0.1, -0.05) is 79.2 Å². The predicted molar refractivity (Wildman–Crippen MR) is 144 cm³/mol. The fourth-order valence-corrected chi connectivity index (χ4v) is 4.80. The summed E-state index contributed by atoms with van der Waals surface area (Å²) in [6.07, 6.45) is 4.45. The van der Waals surface area contributed by atoms with Crippen molar-refractivity contribution in [2.45, 2.75) is 45.4 Å². The van der Waals surface area contributed by atoms with E-state index in [2.05, 4.69) is 29.2 Å². The molecule has 1 aliphatic heterocycles. The minimum absolute atomic E-state index is 0.0131. The van der Waals surface area contributed by atoms with E-state index in [1.165, 1.54) is 24.8 Å². The van der Waals surface area contributed by atoms with Gasteiger partial charge in [-0.3, -0.25) is 14.3 Å². The van der Waals surface area contributed by atoms with Crippen LogP contribution in [0.15, 0.2) is 95.8 Å². The SMILES string of the molecule is O=c1cc(CN2CCCCC2)nc(-c2ccccc2OCc2ccccc2)n1CCc1ccccc1. The molecule has 184 valence electrons. The molecule has 0 bridgehead atoms. The van der Waals surface area contributed by atoms with Gasteiger partial charge in [0.15, 0.2) is 0 Å². The van der Waals surface area contributed by atoms with Gasteiger partial charge in [-0.25, -0.2) is 4.98 Å². The Morgan fingerprint density at radius 3 is 2.19 bits per heavy atom. The van der Waals surface area contributed by atoms with Gasteiger partial charge in [0, 0.05) is 19.2 Å². The zero-order chi connectivity index (χ0) is 24.6. The second-order valence-electron chi connectivity index (χ2n) is 9.40. The van der Waals surface area contributed by atoms with Crippen LogP contribution in [-0.4, -0.2) is 27.5 Å². The molecule has 1 saturated heterocycles. The highest BCUT2D eigenvalue weighted by molar-refractivity contribution is 5.64. The third-order valence-corrected chi connectivity index (χ3v) is 6.73. The number of piperidine rings is 1. The smallest absolute Gasteiger partial charge is 0.254 e. The van der Waals surface area contributed by atoms with Gasteiger partial charge >= 0.3 is 0 Å². The second-order valence-corrected chi connectivity index (χ2v) is 9.40. The van der Waals surface area contributed by atoms with Crippen molar-refractivity contribution in [3.05, 3.63) is 118 Å². The first-order valence-corrected chi connectivity index (χ1v) is 12.9. The zero-order valence-corrected chi connectivity index (χ0v) is 20.7. The van der Waals surface area contributed by atoms with E-state index >= 15 is 0 Å². The molecule has 0 spiro atoms. The van der Waals surface area contributed by atoms with Crippen molar-refractivity contribution < 1.29 is 4.74 Å². The molecule has 4 aromatic rings. The minimum Gasteiger partial charge on any atom is -0.488 e. The molecule has 0 N–H and O–H groups in total. The number of hydrogen-bond donors (Lipinski definition) is 0. The summed E-state index contributed by atoms with van der Waals surface area (Å²) >= 11 is 0. The Morgan fingerprint density at radius 2 is 1.44 bits per heavy atom. The van der Waals surface area contributed by atoms with E-state index in [4.69, 9.17) is 9.72 Å². The Balaban J connectivity index is 1.49. The average Bonchev–Trinajstić information content (AvgIpc) is 2.93. The van der Waals surface area contributed by atoms with Crippen LogP contribution in [0.4, 0.5) is 0 Å². The van der Waals surface area contributed by atoms with E-state index in [9.17, 15) is 4.79 Å². The van der Waals surface area contributed by atoms with Crippen molar-refractivity contribution in [3.63, 3.8) is 0 Å². The molecule has 36 heavy (non-hydrogen) atoms. The number of aryl methyl sites for hydroxylation is 1. The summed E-state index contributed by atoms with van der Waals surface area (Å²) in [5.41, 5.74) is 3.95. The Bertz CT molecular complexity index is 1310. The second kappa shape index (κ2) is 11.8. The molecule has 2 heterocycles. The van der Waals surface area contributed by atoms with Gasteiger partial charge in [-0.15, -0.1) is 0 Å². The molecular weight excluding hydrogens is 446 g/mol. The van der Waals surface area contributed by atoms with Crippen LogP contribution in [0.3, 0.4) is 0 Å². The fourth-order valence-electron chi connectivity index (χ4n) is 4.80. The lowest BCUT2D eigenvalue weighted by molar-refractivity contribution is 0.218. The average molecular weight is 480 g/mol. The van der Waals surface area contributed by atoms with Crippen molar-refractivity contribution in [2.24, 2.45) is 0 Å². The van der Waals surface area contributed by atoms with Crippen LogP contribution in [0, 0.1) is 0 Å². The minimum atomic E-state index is -0.0131. The van der Waals surface area contributed by atoms with Crippen LogP contribution in [-0.2, 0) is 26.1 Å². The maximum atomic E-state index is 13.5. The topological polar surface area (TPSA) is 47.4 Å². The lowest BCUT2D eigenvalue weighted by atomic mass is 10.1. The number of rotatable bonds is 9. The summed E-state index contributed by atoms with van der Waals surface area (Å²) in [4.78, 5) is 20.9. The number of aromatic nitrogens is 2. The summed E-state index contributed by atoms with van der Waals surface area (Å²) < 4.78 is 8.06. The molecular formula is C31H33N3O2. The molecule has 0 atom stereocenters. The van der Waals surface area contributed by atoms with Crippen molar-refractivity contribution in [2.75, 3.05) is 13.1 Å². The molecule has 0 unspecified atom stereocenters. The van der Waals surface area contributed by atoms with E-state index in [0.29, 0.717) is 25.5 Å². The summed E-state index contributed by atoms with van der Waals surface area (Å²) in [6.45, 7) is 3.84. The molecule has 3 aromatic carbocycles. The third kappa shape index (κ3) is 6.10. The van der Waals surface area contributed by atoms with E-state index in [1.54, 1.807) is 10.6 Å². The van der Waals surface area contributed by atoms with Gasteiger partial charge in [-0.05, 0) is 55.6 Å². The molecule has 0 saturated carbocycles. The lowest BCUT2D eigenvalue weighted by Crippen LogP contribution is -2.31. The summed E-state index contributed by atoms with van der Waals surface area (Å²) in [5, 5.41) is 0. The Hall–Kier alpha value is -3.70. The molecule has 0 aliphatic carbocycles. The van der Waals surface area contributed by atoms with Crippen LogP contribution in [0.25, 0.3) is 11.4 Å². The first-order valence-electron chi connectivity index (χ1n) is 12.9. The largest absolute Gasteiger partial charge is 0.488 e. The first-order chi connectivity index (χ1) is 17.8. The molecule has 0 radical (unpaired) electrons. The first kappa shape index (κ1) is 24.0. The van der Waals surface area contributed by atoms with Crippen molar-refractivity contribution in [1.29, 1.82) is 0 Å². The van der Waals surface area contributed by atoms with E-state index in [-0.39, 0.29) is 5.56 Å². The highest BCUT2D eigenvalue weighted by Crippen LogP contribution is 2.29. The highest BCUT2D eigenvalue weighted by Gasteiger charge is 2.18. The monoisotopic (exact) mass is 479 g/mol. The van der Waals surface area contributed by atoms with Gasteiger partial charge < -0.3 is 4.74 Å². The van der Waals surface area contributed by atoms with Crippen molar-refractivity contribution in [1.82, 2.24) is 14.5 Å². The summed E-state index contributed by atoms with van der Waals surface area (Å²) in [7, 11) is 0. The number of nitrogens with zero attached hydrogens (tertiary/aromatic N) is 3. The summed E-state index contributed by atoms with van der Waals surface area (Å²) in [6, 6.07) is 30.0. The van der Waals surface area contributed by atoms with E-state index in [1.807, 2.05) is 60.7 Å². The van der Waals surface area contributed by atoms with Crippen LogP contribution in [0.1, 0.15) is 36.1 Å². The Kier molecular flexibility index (Phi) is 7.89. The molecule has 1 fully saturated rings. The van der Waals surface area contributed by atoms with Crippen LogP contribution < -0.4 is 10.3 Å². The fraction of sp³-hybridized carbons (Fsp3) is 0.290. The maximum absolute atomic E-state index is 13.5. The van der Waals surface area contributed by atoms with Crippen LogP contribution in [0.5, 0.6) is 5.75 Å². The normalized spacial score (nSPS) is 14.0. The molecule has 1 aromatic heterocycles. The highest BCUT2D eigenvalue weighted by atomic mass is 16.5. The van der Waals surface area contributed by atoms with Gasteiger partial charge in [0.05, 0.1) is 11.3 Å². The van der Waals surface area contributed by atoms with Gasteiger partial charge in [0.25, 0.3) is 5.56 Å². The van der Waals surface area contributed by atoms with Gasteiger partial charge in [0.1, 0.15) is 18.2 Å². The lowest BCUT2D eigenvalue weighted by Gasteiger charge is -2.26. The number of benzene rings is 3. The molecule has 5 nitrogen and oxygen atoms in total. The third-order valence-electron chi connectivity index (χ3n) is 6.73. The molecule has 0 amide bonds. The molecule has 5 heteroatoms. The van der Waals surface area contributed by atoms with E-state index < -0.39 is 0 Å². The number of ether oxygens (including phenoxy) is 1. The van der Waals surface area contributed by atoms with Crippen LogP contribution >= 0.6 is 0 Å². The maximum Gasteiger partial charge on any atom is 0.254 e. The number of likely N-dealkylation sites (tertiary alicyclic amines) is 1. The molecule has 1 aliphatic rings. The quantitative estimate of drug-likeness (QED) is 0.308. The number of hydrogen-bond acceptors (Lipinski definition) is 4. The van der Waals surface area contributed by atoms with Gasteiger partial charge in [-0.2, -0.15) is 0 Å². The number of para-hydroxylation sites is 1. The van der Waals surface area contributed by atoms with Gasteiger partial charge in [0.2, 0.25) is 0 Å². The van der Waals surface area contributed by atoms with Crippen molar-refractivity contribution >= 4 is 0 Å². The zero-order valence-electron chi connectivity index (χ0n) is 20.7. The predicted octanol–water partition coefficient (Wildman–Crippen LogP) is 5.72. The Morgan fingerprint density at radius 1 is 0.778 bits per heavy atom. The van der Waals surface area contributed by atoms with Crippen molar-refractivity contribution in [3.8, 4) is 17.1 Å². The standard InChI is InChI=1S/C31H33N3O2/c35-30-22-27(23-33-19-10-3-11-20-33)32-31(34(30)21-18-25-12-4-1-5-13-25)28-16-8-9-17-29(28)36-24-26-14-6-2-7-15-26/h1-2,4-9,12-17,22H,3,10-11,18-21,23-24H2. The van der Waals surface area contributed by atoms with E-state index in [0.717, 1.165) is 42.1 Å². The van der Waals surface area contributed by atoms with Crippen LogP contribution in [0.2, 0.25) is 0 Å². The summed E-state index contributed by atoms with van der Waals surface area (Å²) in [5.74, 6) is 1.41.